The Morgan fingerprint density at radius 2 is 1.31 bits per heavy atom. The Labute approximate surface area is 151 Å². The van der Waals surface area contributed by atoms with Crippen molar-refractivity contribution in [2.24, 2.45) is 0 Å². The molecule has 0 saturated heterocycles. The maximum Gasteiger partial charge on any atom is 0.707 e. The number of nitrogens with zero attached hydrogens (tertiary/aromatic N) is 1. The van der Waals surface area contributed by atoms with Crippen LogP contribution in [-0.4, -0.2) is 22.4 Å². The van der Waals surface area contributed by atoms with Gasteiger partial charge in [-0.2, -0.15) is 4.98 Å². The second-order valence-electron chi connectivity index (χ2n) is 5.45. The molecule has 0 fully saturated rings. The monoisotopic (exact) mass is 351 g/mol. The first-order chi connectivity index (χ1) is 12.7. The van der Waals surface area contributed by atoms with Gasteiger partial charge in [0.15, 0.2) is 5.75 Å². The van der Waals surface area contributed by atoms with Gasteiger partial charge < -0.3 is 24.2 Å². The Bertz CT molecular complexity index is 815. The van der Waals surface area contributed by atoms with Gasteiger partial charge in [0.2, 0.25) is 5.88 Å². The fourth-order valence-electron chi connectivity index (χ4n) is 2.26. The van der Waals surface area contributed by atoms with Crippen LogP contribution in [0.25, 0.3) is 0 Å². The van der Waals surface area contributed by atoms with Crippen molar-refractivity contribution in [1.82, 2.24) is 4.98 Å². The molecule has 0 bridgehead atoms. The molecule has 3 rings (SSSR count). The molecular formula is C19H18BNO5. The molecule has 1 aromatic heterocycles. The van der Waals surface area contributed by atoms with Gasteiger partial charge in [-0.25, -0.2) is 0 Å². The summed E-state index contributed by atoms with van der Waals surface area (Å²) in [5.74, 6) is 0.576. The highest BCUT2D eigenvalue weighted by Gasteiger charge is 2.17. The summed E-state index contributed by atoms with van der Waals surface area (Å²) in [6.45, 7) is 0.614. The molecule has 0 radical (unpaired) electrons. The van der Waals surface area contributed by atoms with E-state index in [9.17, 15) is 0 Å². The minimum absolute atomic E-state index is 0.114. The lowest BCUT2D eigenvalue weighted by atomic mass is 10.2. The SMILES string of the molecule is OB(O)Oc1ccc(OCc2ccccc2)nc1OCc1ccccc1. The van der Waals surface area contributed by atoms with Crippen LogP contribution in [0.15, 0.2) is 72.8 Å². The maximum absolute atomic E-state index is 9.06. The summed E-state index contributed by atoms with van der Waals surface area (Å²) in [4.78, 5) is 4.26. The molecule has 0 saturated carbocycles. The highest BCUT2D eigenvalue weighted by Crippen LogP contribution is 2.29. The summed E-state index contributed by atoms with van der Waals surface area (Å²) in [6.07, 6.45) is 0. The van der Waals surface area contributed by atoms with E-state index in [0.717, 1.165) is 11.1 Å². The van der Waals surface area contributed by atoms with Crippen LogP contribution in [0.1, 0.15) is 11.1 Å². The molecule has 0 unspecified atom stereocenters. The van der Waals surface area contributed by atoms with Gasteiger partial charge in [-0.15, -0.1) is 0 Å². The third-order valence-corrected chi connectivity index (χ3v) is 3.48. The number of benzene rings is 2. The predicted molar refractivity (Wildman–Crippen MR) is 96.6 cm³/mol. The number of hydrogen-bond donors (Lipinski definition) is 2. The van der Waals surface area contributed by atoms with Crippen molar-refractivity contribution in [2.45, 2.75) is 13.2 Å². The molecule has 6 nitrogen and oxygen atoms in total. The van der Waals surface area contributed by atoms with Crippen LogP contribution in [0, 0.1) is 0 Å². The second-order valence-corrected chi connectivity index (χ2v) is 5.45. The fourth-order valence-corrected chi connectivity index (χ4v) is 2.26. The average Bonchev–Trinajstić information content (AvgIpc) is 2.67. The van der Waals surface area contributed by atoms with Gasteiger partial charge in [-0.3, -0.25) is 0 Å². The molecule has 1 heterocycles. The molecule has 7 heteroatoms. The molecule has 2 N–H and O–H groups in total. The van der Waals surface area contributed by atoms with E-state index >= 15 is 0 Å². The first-order valence-corrected chi connectivity index (χ1v) is 8.08. The topological polar surface area (TPSA) is 81.0 Å². The van der Waals surface area contributed by atoms with Gasteiger partial charge in [0, 0.05) is 6.07 Å². The zero-order valence-corrected chi connectivity index (χ0v) is 14.0. The van der Waals surface area contributed by atoms with Gasteiger partial charge in [0.25, 0.3) is 5.88 Å². The van der Waals surface area contributed by atoms with Crippen LogP contribution >= 0.6 is 0 Å². The van der Waals surface area contributed by atoms with Crippen molar-refractivity contribution < 1.29 is 24.2 Å². The van der Waals surface area contributed by atoms with Crippen LogP contribution in [0.3, 0.4) is 0 Å². The van der Waals surface area contributed by atoms with Crippen molar-refractivity contribution in [3.63, 3.8) is 0 Å². The molecule has 0 aliphatic heterocycles. The van der Waals surface area contributed by atoms with E-state index < -0.39 is 7.32 Å². The molecule has 132 valence electrons. The summed E-state index contributed by atoms with van der Waals surface area (Å²) >= 11 is 0. The quantitative estimate of drug-likeness (QED) is 0.607. The first-order valence-electron chi connectivity index (χ1n) is 8.08. The normalized spacial score (nSPS) is 10.2. The van der Waals surface area contributed by atoms with Gasteiger partial charge >= 0.3 is 7.32 Å². The Morgan fingerprint density at radius 1 is 0.731 bits per heavy atom. The van der Waals surface area contributed by atoms with Crippen LogP contribution in [-0.2, 0) is 13.2 Å². The highest BCUT2D eigenvalue weighted by molar-refractivity contribution is 6.33. The Balaban J connectivity index is 1.72. The van der Waals surface area contributed by atoms with Gasteiger partial charge in [-0.05, 0) is 17.2 Å². The predicted octanol–water partition coefficient (Wildman–Crippen LogP) is 2.59. The fraction of sp³-hybridized carbons (Fsp3) is 0.105. The Morgan fingerprint density at radius 3 is 1.88 bits per heavy atom. The molecule has 0 spiro atoms. The van der Waals surface area contributed by atoms with Crippen molar-refractivity contribution in [3.05, 3.63) is 83.9 Å². The van der Waals surface area contributed by atoms with E-state index in [-0.39, 0.29) is 18.2 Å². The van der Waals surface area contributed by atoms with E-state index in [1.165, 1.54) is 6.07 Å². The lowest BCUT2D eigenvalue weighted by molar-refractivity contribution is 0.244. The number of ether oxygens (including phenoxy) is 2. The lowest BCUT2D eigenvalue weighted by Gasteiger charge is -2.13. The standard InChI is InChI=1S/C19H18BNO5/c22-20(23)26-17-11-12-18(24-13-15-7-3-1-4-8-15)21-19(17)25-14-16-9-5-2-6-10-16/h1-12,22-23H,13-14H2. The summed E-state index contributed by atoms with van der Waals surface area (Å²) in [5.41, 5.74) is 1.95. The molecular weight excluding hydrogens is 333 g/mol. The van der Waals surface area contributed by atoms with E-state index in [2.05, 4.69) is 4.98 Å². The smallest absolute Gasteiger partial charge is 0.508 e. The number of pyridine rings is 1. The van der Waals surface area contributed by atoms with Crippen LogP contribution in [0.2, 0.25) is 0 Å². The molecule has 2 aromatic carbocycles. The zero-order chi connectivity index (χ0) is 18.2. The summed E-state index contributed by atoms with van der Waals surface area (Å²) in [7, 11) is -1.97. The highest BCUT2D eigenvalue weighted by atomic mass is 16.6. The van der Waals surface area contributed by atoms with E-state index in [1.807, 2.05) is 60.7 Å². The average molecular weight is 351 g/mol. The zero-order valence-electron chi connectivity index (χ0n) is 14.0. The second kappa shape index (κ2) is 8.89. The molecule has 3 aromatic rings. The number of aromatic nitrogens is 1. The number of rotatable bonds is 8. The van der Waals surface area contributed by atoms with Crippen molar-refractivity contribution in [3.8, 4) is 17.5 Å². The molecule has 0 aliphatic carbocycles. The first kappa shape index (κ1) is 17.8. The minimum Gasteiger partial charge on any atom is -0.508 e. The van der Waals surface area contributed by atoms with Crippen LogP contribution in [0.4, 0.5) is 0 Å². The van der Waals surface area contributed by atoms with Crippen molar-refractivity contribution in [2.75, 3.05) is 0 Å². The van der Waals surface area contributed by atoms with Gasteiger partial charge in [0.05, 0.1) is 0 Å². The van der Waals surface area contributed by atoms with Gasteiger partial charge in [-0.1, -0.05) is 60.7 Å². The van der Waals surface area contributed by atoms with E-state index in [0.29, 0.717) is 12.5 Å². The number of hydrogen-bond acceptors (Lipinski definition) is 6. The summed E-state index contributed by atoms with van der Waals surface area (Å²) < 4.78 is 16.3. The lowest BCUT2D eigenvalue weighted by Crippen LogP contribution is -2.21. The molecule has 26 heavy (non-hydrogen) atoms. The molecule has 0 aliphatic rings. The van der Waals surface area contributed by atoms with Crippen LogP contribution in [0.5, 0.6) is 17.5 Å². The molecule has 0 amide bonds. The minimum atomic E-state index is -1.97. The summed E-state index contributed by atoms with van der Waals surface area (Å²) in [5, 5.41) is 18.1. The van der Waals surface area contributed by atoms with E-state index in [1.54, 1.807) is 6.07 Å². The van der Waals surface area contributed by atoms with Gasteiger partial charge in [0.1, 0.15) is 13.2 Å². The van der Waals surface area contributed by atoms with Crippen LogP contribution < -0.4 is 14.1 Å². The van der Waals surface area contributed by atoms with Crippen molar-refractivity contribution >= 4 is 7.32 Å². The van der Waals surface area contributed by atoms with Crippen molar-refractivity contribution in [1.29, 1.82) is 0 Å². The molecule has 0 atom stereocenters. The third-order valence-electron chi connectivity index (χ3n) is 3.48. The maximum atomic E-state index is 9.06. The Hall–Kier alpha value is -3.03. The Kier molecular flexibility index (Phi) is 6.08. The third kappa shape index (κ3) is 5.24. The van der Waals surface area contributed by atoms with E-state index in [4.69, 9.17) is 24.2 Å². The summed E-state index contributed by atoms with van der Waals surface area (Å²) in [6, 6.07) is 22.3. The largest absolute Gasteiger partial charge is 0.707 e.